The van der Waals surface area contributed by atoms with Crippen LogP contribution < -0.4 is 0 Å². The van der Waals surface area contributed by atoms with E-state index in [1.165, 1.54) is 10.8 Å². The normalized spacial score (nSPS) is 12.0. The number of benzene rings is 2. The van der Waals surface area contributed by atoms with Gasteiger partial charge in [0.05, 0.1) is 5.69 Å². The van der Waals surface area contributed by atoms with Crippen LogP contribution in [0.2, 0.25) is 0 Å². The topological polar surface area (TPSA) is 30.7 Å². The van der Waals surface area contributed by atoms with Crippen molar-refractivity contribution >= 4 is 23.9 Å². The van der Waals surface area contributed by atoms with Crippen molar-refractivity contribution < 1.29 is 13.2 Å². The van der Waals surface area contributed by atoms with Crippen LogP contribution in [-0.4, -0.2) is 21.0 Å². The molecule has 25 heavy (non-hydrogen) atoms. The van der Waals surface area contributed by atoms with Gasteiger partial charge in [0.25, 0.3) is 5.82 Å². The minimum atomic E-state index is -4.60. The molecule has 0 bridgehead atoms. The third-order valence-electron chi connectivity index (χ3n) is 3.43. The molecule has 0 amide bonds. The first-order valence-electron chi connectivity index (χ1n) is 7.39. The number of alkyl halides is 3. The summed E-state index contributed by atoms with van der Waals surface area (Å²) in [4.78, 5) is 4.67. The van der Waals surface area contributed by atoms with Crippen LogP contribution in [0.15, 0.2) is 59.5 Å². The number of nitrogens with zero attached hydrogens (tertiary/aromatic N) is 3. The third-order valence-corrected chi connectivity index (χ3v) is 4.17. The van der Waals surface area contributed by atoms with Gasteiger partial charge in [0.15, 0.2) is 5.82 Å². The van der Waals surface area contributed by atoms with Gasteiger partial charge in [-0.15, -0.1) is 16.9 Å². The first kappa shape index (κ1) is 17.3. The molecule has 0 atom stereocenters. The number of rotatable bonds is 4. The van der Waals surface area contributed by atoms with Crippen molar-refractivity contribution in [3.8, 4) is 5.69 Å². The van der Waals surface area contributed by atoms with Gasteiger partial charge in [0.2, 0.25) is 0 Å². The van der Waals surface area contributed by atoms with Gasteiger partial charge in [-0.3, -0.25) is 0 Å². The summed E-state index contributed by atoms with van der Waals surface area (Å²) in [6.45, 7) is 0. The standard InChI is InChI=1S/C18H14F3N3S/c1-25-15-10-8-14(9-11-15)24-16(22-17(23-24)18(19,20)21)12-7-13-5-3-2-4-6-13/h2-12H,1H3/b12-7+. The largest absolute Gasteiger partial charge is 0.453 e. The second-order valence-electron chi connectivity index (χ2n) is 5.15. The van der Waals surface area contributed by atoms with E-state index in [9.17, 15) is 13.2 Å². The molecule has 0 N–H and O–H groups in total. The molecule has 2 aromatic carbocycles. The Morgan fingerprint density at radius 2 is 1.64 bits per heavy atom. The summed E-state index contributed by atoms with van der Waals surface area (Å²) in [6.07, 6.45) is 0.567. The molecule has 1 aromatic heterocycles. The second kappa shape index (κ2) is 7.14. The van der Waals surface area contributed by atoms with Crippen molar-refractivity contribution in [1.82, 2.24) is 14.8 Å². The van der Waals surface area contributed by atoms with Gasteiger partial charge in [0, 0.05) is 4.90 Å². The summed E-state index contributed by atoms with van der Waals surface area (Å²) >= 11 is 1.55. The molecule has 0 aliphatic heterocycles. The Kier molecular flexibility index (Phi) is 4.94. The highest BCUT2D eigenvalue weighted by Gasteiger charge is 2.37. The zero-order chi connectivity index (χ0) is 17.9. The van der Waals surface area contributed by atoms with Crippen LogP contribution in [0.4, 0.5) is 13.2 Å². The van der Waals surface area contributed by atoms with Crippen LogP contribution in [0.5, 0.6) is 0 Å². The minimum Gasteiger partial charge on any atom is -0.213 e. The molecule has 0 saturated heterocycles. The zero-order valence-corrected chi connectivity index (χ0v) is 14.1. The molecule has 0 spiro atoms. The van der Waals surface area contributed by atoms with Crippen molar-refractivity contribution in [2.24, 2.45) is 0 Å². The predicted molar refractivity (Wildman–Crippen MR) is 93.5 cm³/mol. The molecule has 3 nitrogen and oxygen atoms in total. The number of thioether (sulfide) groups is 1. The van der Waals surface area contributed by atoms with Crippen LogP contribution >= 0.6 is 11.8 Å². The Bertz CT molecular complexity index is 869. The Balaban J connectivity index is 2.03. The predicted octanol–water partition coefficient (Wildman–Crippen LogP) is 5.18. The fourth-order valence-corrected chi connectivity index (χ4v) is 2.61. The van der Waals surface area contributed by atoms with E-state index in [2.05, 4.69) is 10.1 Å². The monoisotopic (exact) mass is 361 g/mol. The molecule has 0 aliphatic rings. The van der Waals surface area contributed by atoms with E-state index in [4.69, 9.17) is 0 Å². The van der Waals surface area contributed by atoms with E-state index >= 15 is 0 Å². The highest BCUT2D eigenvalue weighted by Crippen LogP contribution is 2.28. The maximum atomic E-state index is 13.0. The molecule has 0 aliphatic carbocycles. The highest BCUT2D eigenvalue weighted by molar-refractivity contribution is 7.98. The molecular formula is C18H14F3N3S. The summed E-state index contributed by atoms with van der Waals surface area (Å²) in [6, 6.07) is 16.4. The van der Waals surface area contributed by atoms with Gasteiger partial charge < -0.3 is 0 Å². The average molecular weight is 361 g/mol. The van der Waals surface area contributed by atoms with Crippen LogP contribution in [-0.2, 0) is 6.18 Å². The van der Waals surface area contributed by atoms with Gasteiger partial charge in [0.1, 0.15) is 0 Å². The molecule has 128 valence electrons. The first-order chi connectivity index (χ1) is 12.0. The Morgan fingerprint density at radius 1 is 0.960 bits per heavy atom. The van der Waals surface area contributed by atoms with Crippen LogP contribution in [0.1, 0.15) is 17.2 Å². The smallest absolute Gasteiger partial charge is 0.213 e. The zero-order valence-electron chi connectivity index (χ0n) is 13.2. The first-order valence-corrected chi connectivity index (χ1v) is 8.61. The average Bonchev–Trinajstić information content (AvgIpc) is 3.05. The SMILES string of the molecule is CSc1ccc(-n2nc(C(F)(F)F)nc2/C=C/c2ccccc2)cc1. The number of hydrogen-bond donors (Lipinski definition) is 0. The van der Waals surface area contributed by atoms with Crippen molar-refractivity contribution in [1.29, 1.82) is 0 Å². The number of halogens is 3. The molecule has 3 rings (SSSR count). The Labute approximate surface area is 147 Å². The molecule has 0 radical (unpaired) electrons. The van der Waals surface area contributed by atoms with E-state index in [1.807, 2.05) is 48.7 Å². The Hall–Kier alpha value is -2.54. The minimum absolute atomic E-state index is 0.119. The van der Waals surface area contributed by atoms with E-state index in [-0.39, 0.29) is 5.82 Å². The number of hydrogen-bond acceptors (Lipinski definition) is 3. The molecular weight excluding hydrogens is 347 g/mol. The molecule has 0 fully saturated rings. The van der Waals surface area contributed by atoms with E-state index in [0.29, 0.717) is 5.69 Å². The lowest BCUT2D eigenvalue weighted by Gasteiger charge is -2.04. The second-order valence-corrected chi connectivity index (χ2v) is 6.02. The van der Waals surface area contributed by atoms with Crippen LogP contribution in [0, 0.1) is 0 Å². The summed E-state index contributed by atoms with van der Waals surface area (Å²) in [5, 5.41) is 3.64. The van der Waals surface area contributed by atoms with Crippen LogP contribution in [0.25, 0.3) is 17.8 Å². The fourth-order valence-electron chi connectivity index (χ4n) is 2.20. The van der Waals surface area contributed by atoms with Crippen LogP contribution in [0.3, 0.4) is 0 Å². The fraction of sp³-hybridized carbons (Fsp3) is 0.111. The molecule has 7 heteroatoms. The summed E-state index contributed by atoms with van der Waals surface area (Å²) in [7, 11) is 0. The molecule has 0 saturated carbocycles. The van der Waals surface area contributed by atoms with E-state index in [1.54, 1.807) is 30.0 Å². The highest BCUT2D eigenvalue weighted by atomic mass is 32.2. The van der Waals surface area contributed by atoms with Gasteiger partial charge in [-0.05, 0) is 42.2 Å². The van der Waals surface area contributed by atoms with Crippen molar-refractivity contribution in [2.75, 3.05) is 6.26 Å². The van der Waals surface area contributed by atoms with Gasteiger partial charge >= 0.3 is 6.18 Å². The Morgan fingerprint density at radius 3 is 2.24 bits per heavy atom. The lowest BCUT2D eigenvalue weighted by atomic mass is 10.2. The molecule has 0 unspecified atom stereocenters. The number of aromatic nitrogens is 3. The van der Waals surface area contributed by atoms with Gasteiger partial charge in [-0.1, -0.05) is 36.4 Å². The maximum absolute atomic E-state index is 13.0. The quantitative estimate of drug-likeness (QED) is 0.600. The maximum Gasteiger partial charge on any atom is 0.453 e. The van der Waals surface area contributed by atoms with Gasteiger partial charge in [-0.2, -0.15) is 13.2 Å². The summed E-state index contributed by atoms with van der Waals surface area (Å²) in [5.41, 5.74) is 1.39. The lowest BCUT2D eigenvalue weighted by Crippen LogP contribution is -2.08. The van der Waals surface area contributed by atoms with E-state index < -0.39 is 12.0 Å². The molecule has 1 heterocycles. The van der Waals surface area contributed by atoms with Gasteiger partial charge in [-0.25, -0.2) is 9.67 Å². The summed E-state index contributed by atoms with van der Waals surface area (Å²) < 4.78 is 40.2. The van der Waals surface area contributed by atoms with Crippen molar-refractivity contribution in [3.63, 3.8) is 0 Å². The summed E-state index contributed by atoms with van der Waals surface area (Å²) in [5.74, 6) is -1.04. The lowest BCUT2D eigenvalue weighted by molar-refractivity contribution is -0.144. The molecule has 3 aromatic rings. The van der Waals surface area contributed by atoms with E-state index in [0.717, 1.165) is 10.5 Å². The van der Waals surface area contributed by atoms with Crippen molar-refractivity contribution in [2.45, 2.75) is 11.1 Å². The third kappa shape index (κ3) is 4.11. The van der Waals surface area contributed by atoms with Crippen molar-refractivity contribution in [3.05, 3.63) is 71.8 Å².